The first-order valence-corrected chi connectivity index (χ1v) is 14.7. The van der Waals surface area contributed by atoms with E-state index in [9.17, 15) is 14.0 Å². The number of rotatable bonds is 8. The van der Waals surface area contributed by atoms with E-state index in [4.69, 9.17) is 0 Å². The van der Waals surface area contributed by atoms with Crippen LogP contribution in [0.25, 0.3) is 22.3 Å². The lowest BCUT2D eigenvalue weighted by Crippen LogP contribution is -2.50. The maximum Gasteiger partial charge on any atom is 0.258 e. The van der Waals surface area contributed by atoms with Crippen LogP contribution in [0.15, 0.2) is 54.7 Å². The van der Waals surface area contributed by atoms with Gasteiger partial charge in [-0.2, -0.15) is 15.3 Å². The van der Waals surface area contributed by atoms with E-state index in [1.54, 1.807) is 6.20 Å². The van der Waals surface area contributed by atoms with Crippen molar-refractivity contribution in [1.29, 1.82) is 0 Å². The molecule has 2 fully saturated rings. The molecule has 3 N–H and O–H groups in total. The predicted molar refractivity (Wildman–Crippen MR) is 158 cm³/mol. The van der Waals surface area contributed by atoms with Crippen molar-refractivity contribution in [2.45, 2.75) is 75.9 Å². The molecule has 7 rings (SSSR count). The number of aromatic amines is 1. The fourth-order valence-corrected chi connectivity index (χ4v) is 6.15. The Morgan fingerprint density at radius 1 is 1.00 bits per heavy atom. The SMILES string of the molecule is Cc1n[nH]c(C)c1-c1ccc(NC(=O)[C@@H](NC(=O)C2(F)CC2)[C@@H]2CCc3ccc(-c4cnnc(C5CC5)c4)cc32)cc1. The zero-order valence-corrected chi connectivity index (χ0v) is 23.7. The van der Waals surface area contributed by atoms with Gasteiger partial charge in [0.15, 0.2) is 5.67 Å². The van der Waals surface area contributed by atoms with Gasteiger partial charge >= 0.3 is 0 Å². The van der Waals surface area contributed by atoms with Crippen LogP contribution in [0.1, 0.15) is 72.1 Å². The summed E-state index contributed by atoms with van der Waals surface area (Å²) in [6.07, 6.45) is 5.87. The van der Waals surface area contributed by atoms with Gasteiger partial charge in [0.25, 0.3) is 5.91 Å². The summed E-state index contributed by atoms with van der Waals surface area (Å²) < 4.78 is 14.8. The Balaban J connectivity index is 1.17. The Hall–Kier alpha value is -4.40. The van der Waals surface area contributed by atoms with E-state index < -0.39 is 17.6 Å². The van der Waals surface area contributed by atoms with E-state index in [0.717, 1.165) is 69.7 Å². The summed E-state index contributed by atoms with van der Waals surface area (Å²) in [5.74, 6) is -0.874. The standard InChI is InChI=1S/C33H33FN6O2/c1-18-29(19(2)39-38-18)22-7-10-25(11-8-22)36-31(41)30(37-32(42)33(34)13-14-33)26-12-9-20-3-6-23(15-27(20)26)24-16-28(21-4-5-21)40-35-17-24/h3,6-8,10-11,15-17,21,26,30H,4-5,9,12-14H2,1-2H3,(H,36,41)(H,37,42)(H,38,39)/t26-,30+/m1/s1. The summed E-state index contributed by atoms with van der Waals surface area (Å²) in [6, 6.07) is 15.0. The van der Waals surface area contributed by atoms with Gasteiger partial charge in [0.05, 0.1) is 17.6 Å². The van der Waals surface area contributed by atoms with Gasteiger partial charge in [-0.3, -0.25) is 14.7 Å². The van der Waals surface area contributed by atoms with Crippen molar-refractivity contribution < 1.29 is 14.0 Å². The number of amides is 2. The third-order valence-electron chi connectivity index (χ3n) is 8.91. The van der Waals surface area contributed by atoms with Gasteiger partial charge in [0.2, 0.25) is 5.91 Å². The molecule has 2 amide bonds. The molecular formula is C33H33FN6O2. The van der Waals surface area contributed by atoms with Crippen LogP contribution in [-0.2, 0) is 16.0 Å². The van der Waals surface area contributed by atoms with Crippen molar-refractivity contribution >= 4 is 17.5 Å². The van der Waals surface area contributed by atoms with Gasteiger partial charge in [0, 0.05) is 34.3 Å². The van der Waals surface area contributed by atoms with Gasteiger partial charge in [-0.15, -0.1) is 0 Å². The fourth-order valence-electron chi connectivity index (χ4n) is 6.15. The highest BCUT2D eigenvalue weighted by molar-refractivity contribution is 6.00. The Morgan fingerprint density at radius 2 is 1.76 bits per heavy atom. The largest absolute Gasteiger partial charge is 0.341 e. The molecule has 0 spiro atoms. The van der Waals surface area contributed by atoms with E-state index in [-0.39, 0.29) is 24.7 Å². The third kappa shape index (κ3) is 4.97. The maximum absolute atomic E-state index is 14.8. The van der Waals surface area contributed by atoms with Crippen LogP contribution in [0.2, 0.25) is 0 Å². The molecule has 2 aromatic carbocycles. The van der Waals surface area contributed by atoms with Crippen LogP contribution < -0.4 is 10.6 Å². The first-order chi connectivity index (χ1) is 20.3. The highest BCUT2D eigenvalue weighted by Gasteiger charge is 2.52. The van der Waals surface area contributed by atoms with E-state index >= 15 is 0 Å². The van der Waals surface area contributed by atoms with E-state index in [1.165, 1.54) is 0 Å². The van der Waals surface area contributed by atoms with Crippen LogP contribution in [0.5, 0.6) is 0 Å². The van der Waals surface area contributed by atoms with Crippen molar-refractivity contribution in [3.05, 3.63) is 82.9 Å². The van der Waals surface area contributed by atoms with Crippen LogP contribution >= 0.6 is 0 Å². The summed E-state index contributed by atoms with van der Waals surface area (Å²) >= 11 is 0. The summed E-state index contributed by atoms with van der Waals surface area (Å²) in [5, 5.41) is 21.6. The zero-order valence-electron chi connectivity index (χ0n) is 23.7. The molecule has 9 heteroatoms. The second-order valence-electron chi connectivity index (χ2n) is 12.0. The lowest BCUT2D eigenvalue weighted by atomic mass is 9.90. The van der Waals surface area contributed by atoms with Gasteiger partial charge < -0.3 is 10.6 Å². The number of hydrogen-bond acceptors (Lipinski definition) is 5. The number of aryl methyl sites for hydroxylation is 3. The Bertz CT molecular complexity index is 1670. The second-order valence-corrected chi connectivity index (χ2v) is 12.0. The molecule has 2 saturated carbocycles. The molecule has 3 aliphatic carbocycles. The Kier molecular flexibility index (Phi) is 6.40. The molecule has 0 saturated heterocycles. The van der Waals surface area contributed by atoms with E-state index in [0.29, 0.717) is 18.0 Å². The molecule has 0 unspecified atom stereocenters. The molecule has 42 heavy (non-hydrogen) atoms. The van der Waals surface area contributed by atoms with Crippen molar-refractivity contribution in [2.24, 2.45) is 0 Å². The number of H-pyrrole nitrogens is 1. The van der Waals surface area contributed by atoms with Gasteiger partial charge in [-0.05, 0) is 92.8 Å². The number of halogens is 1. The molecule has 8 nitrogen and oxygen atoms in total. The van der Waals surface area contributed by atoms with Gasteiger partial charge in [-0.1, -0.05) is 30.3 Å². The molecule has 2 atom stereocenters. The highest BCUT2D eigenvalue weighted by atomic mass is 19.1. The Labute approximate surface area is 243 Å². The van der Waals surface area contributed by atoms with Crippen LogP contribution in [0.3, 0.4) is 0 Å². The number of carbonyl (C=O) groups is 2. The highest BCUT2D eigenvalue weighted by Crippen LogP contribution is 2.43. The quantitative estimate of drug-likeness (QED) is 0.255. The summed E-state index contributed by atoms with van der Waals surface area (Å²) in [7, 11) is 0. The number of anilines is 1. The van der Waals surface area contributed by atoms with Crippen LogP contribution in [-0.4, -0.2) is 43.9 Å². The number of nitrogens with one attached hydrogen (secondary N) is 3. The Morgan fingerprint density at radius 3 is 2.45 bits per heavy atom. The summed E-state index contributed by atoms with van der Waals surface area (Å²) in [5.41, 5.74) is 7.73. The number of aromatic nitrogens is 4. The van der Waals surface area contributed by atoms with Crippen LogP contribution in [0.4, 0.5) is 10.1 Å². The van der Waals surface area contributed by atoms with Crippen molar-refractivity contribution in [2.75, 3.05) is 5.32 Å². The van der Waals surface area contributed by atoms with Crippen molar-refractivity contribution in [3.63, 3.8) is 0 Å². The first-order valence-electron chi connectivity index (χ1n) is 14.7. The average Bonchev–Trinajstić information content (AvgIpc) is 3.92. The molecule has 0 aliphatic heterocycles. The number of fused-ring (bicyclic) bond motifs is 1. The number of alkyl halides is 1. The third-order valence-corrected chi connectivity index (χ3v) is 8.91. The van der Waals surface area contributed by atoms with Gasteiger partial charge in [-0.25, -0.2) is 4.39 Å². The molecule has 2 heterocycles. The van der Waals surface area contributed by atoms with Crippen molar-refractivity contribution in [1.82, 2.24) is 25.7 Å². The lowest BCUT2D eigenvalue weighted by Gasteiger charge is -2.26. The number of hydrogen-bond donors (Lipinski definition) is 3. The molecule has 214 valence electrons. The molecular weight excluding hydrogens is 531 g/mol. The minimum absolute atomic E-state index is 0.186. The monoisotopic (exact) mass is 564 g/mol. The zero-order chi connectivity index (χ0) is 29.0. The number of carbonyl (C=O) groups excluding carboxylic acids is 2. The predicted octanol–water partition coefficient (Wildman–Crippen LogP) is 5.68. The average molecular weight is 565 g/mol. The smallest absolute Gasteiger partial charge is 0.258 e. The number of benzene rings is 2. The van der Waals surface area contributed by atoms with Crippen LogP contribution in [0, 0.1) is 13.8 Å². The van der Waals surface area contributed by atoms with Gasteiger partial charge in [0.1, 0.15) is 6.04 Å². The van der Waals surface area contributed by atoms with E-state index in [1.807, 2.05) is 38.1 Å². The number of nitrogens with zero attached hydrogens (tertiary/aromatic N) is 3. The normalized spacial score (nSPS) is 19.2. The first kappa shape index (κ1) is 26.5. The lowest BCUT2D eigenvalue weighted by molar-refractivity contribution is -0.131. The second kappa shape index (κ2) is 10.2. The topological polar surface area (TPSA) is 113 Å². The molecule has 2 aromatic heterocycles. The molecule has 0 radical (unpaired) electrons. The molecule has 3 aliphatic rings. The van der Waals surface area contributed by atoms with Crippen molar-refractivity contribution in [3.8, 4) is 22.3 Å². The fraction of sp³-hybridized carbons (Fsp3) is 0.364. The maximum atomic E-state index is 14.8. The van der Waals surface area contributed by atoms with E-state index in [2.05, 4.69) is 55.3 Å². The summed E-state index contributed by atoms with van der Waals surface area (Å²) in [4.78, 5) is 26.7. The molecule has 0 bridgehead atoms. The minimum Gasteiger partial charge on any atom is -0.341 e. The summed E-state index contributed by atoms with van der Waals surface area (Å²) in [6.45, 7) is 3.92. The minimum atomic E-state index is -1.88. The molecule has 4 aromatic rings.